The predicted octanol–water partition coefficient (Wildman–Crippen LogP) is 2.18. The molecule has 0 aliphatic heterocycles. The van der Waals surface area contributed by atoms with Crippen molar-refractivity contribution in [3.63, 3.8) is 0 Å². The molecule has 0 spiro atoms. The normalized spacial score (nSPS) is 13.0. The highest BCUT2D eigenvalue weighted by Gasteiger charge is 2.25. The van der Waals surface area contributed by atoms with Gasteiger partial charge in [0.05, 0.1) is 17.4 Å². The lowest BCUT2D eigenvalue weighted by Gasteiger charge is -2.11. The Morgan fingerprint density at radius 1 is 1.06 bits per heavy atom. The van der Waals surface area contributed by atoms with E-state index in [0.717, 1.165) is 18.4 Å². The number of hydrogen-bond acceptors (Lipinski definition) is 6. The fourth-order valence-electron chi connectivity index (χ4n) is 3.65. The Balaban J connectivity index is 1.56. The van der Waals surface area contributed by atoms with Crippen molar-refractivity contribution in [2.24, 2.45) is 0 Å². The number of aryl methyl sites for hydroxylation is 1. The Bertz CT molecular complexity index is 1280. The molecule has 4 N–H and O–H groups in total. The number of aromatic nitrogens is 2. The van der Waals surface area contributed by atoms with Crippen LogP contribution in [0, 0.1) is 6.92 Å². The summed E-state index contributed by atoms with van der Waals surface area (Å²) >= 11 is 0. The van der Waals surface area contributed by atoms with Gasteiger partial charge in [0.1, 0.15) is 5.82 Å². The van der Waals surface area contributed by atoms with Crippen molar-refractivity contribution in [3.8, 4) is 5.69 Å². The minimum atomic E-state index is -0.336. The van der Waals surface area contributed by atoms with Gasteiger partial charge in [-0.25, -0.2) is 4.68 Å². The zero-order chi connectivity index (χ0) is 25.1. The van der Waals surface area contributed by atoms with Gasteiger partial charge in [0.15, 0.2) is 5.78 Å². The number of anilines is 1. The zero-order valence-corrected chi connectivity index (χ0v) is 20.2. The van der Waals surface area contributed by atoms with Crippen LogP contribution in [-0.2, 0) is 0 Å². The molecule has 0 radical (unpaired) electrons. The average Bonchev–Trinajstić information content (AvgIpc) is 3.57. The largest absolute Gasteiger partial charge is 0.383 e. The summed E-state index contributed by atoms with van der Waals surface area (Å²) in [6.07, 6.45) is 3.42. The van der Waals surface area contributed by atoms with Crippen molar-refractivity contribution in [1.82, 2.24) is 25.3 Å². The van der Waals surface area contributed by atoms with Crippen LogP contribution in [0.15, 0.2) is 48.7 Å². The minimum Gasteiger partial charge on any atom is -0.383 e. The van der Waals surface area contributed by atoms with Gasteiger partial charge in [0.25, 0.3) is 11.8 Å². The first-order valence-electron chi connectivity index (χ1n) is 11.6. The third kappa shape index (κ3) is 5.58. The molecule has 2 amide bonds. The molecule has 182 valence electrons. The minimum absolute atomic E-state index is 0.142. The van der Waals surface area contributed by atoms with Gasteiger partial charge in [-0.05, 0) is 63.7 Å². The van der Waals surface area contributed by atoms with Gasteiger partial charge < -0.3 is 21.3 Å². The Labute approximate surface area is 204 Å². The zero-order valence-electron chi connectivity index (χ0n) is 20.2. The molecule has 0 bridgehead atoms. The molecule has 35 heavy (non-hydrogen) atoms. The molecule has 1 heterocycles. The maximum absolute atomic E-state index is 13.2. The number of amides is 2. The second-order valence-electron chi connectivity index (χ2n) is 9.07. The van der Waals surface area contributed by atoms with E-state index in [1.807, 2.05) is 32.0 Å². The van der Waals surface area contributed by atoms with Gasteiger partial charge in [-0.3, -0.25) is 14.4 Å². The van der Waals surface area contributed by atoms with Gasteiger partial charge in [-0.2, -0.15) is 5.10 Å². The first-order valence-corrected chi connectivity index (χ1v) is 11.6. The molecule has 1 aliphatic carbocycles. The maximum Gasteiger partial charge on any atom is 0.251 e. The predicted molar refractivity (Wildman–Crippen MR) is 134 cm³/mol. The van der Waals surface area contributed by atoms with Crippen LogP contribution in [0.5, 0.6) is 0 Å². The number of benzene rings is 2. The summed E-state index contributed by atoms with van der Waals surface area (Å²) in [6.45, 7) is 3.10. The van der Waals surface area contributed by atoms with Crippen LogP contribution in [-0.4, -0.2) is 65.5 Å². The molecule has 1 aromatic heterocycles. The van der Waals surface area contributed by atoms with Crippen LogP contribution in [0.3, 0.4) is 0 Å². The van der Waals surface area contributed by atoms with E-state index in [4.69, 9.17) is 5.73 Å². The highest BCUT2D eigenvalue weighted by Crippen LogP contribution is 2.25. The van der Waals surface area contributed by atoms with Crippen LogP contribution in [0.4, 0.5) is 5.82 Å². The number of nitrogens with zero attached hydrogens (tertiary/aromatic N) is 3. The molecule has 9 nitrogen and oxygen atoms in total. The Kier molecular flexibility index (Phi) is 6.97. The summed E-state index contributed by atoms with van der Waals surface area (Å²) in [7, 11) is 3.85. The Morgan fingerprint density at radius 2 is 1.77 bits per heavy atom. The van der Waals surface area contributed by atoms with Crippen LogP contribution in [0.25, 0.3) is 5.69 Å². The number of carbonyl (C=O) groups is 3. The van der Waals surface area contributed by atoms with E-state index in [0.29, 0.717) is 35.5 Å². The monoisotopic (exact) mass is 474 g/mol. The van der Waals surface area contributed by atoms with Crippen LogP contribution in [0.2, 0.25) is 0 Å². The van der Waals surface area contributed by atoms with Gasteiger partial charge in [-0.15, -0.1) is 0 Å². The van der Waals surface area contributed by atoms with E-state index < -0.39 is 0 Å². The number of nitrogens with two attached hydrogens (primary N) is 1. The number of nitrogen functional groups attached to an aromatic ring is 1. The van der Waals surface area contributed by atoms with E-state index in [-0.39, 0.29) is 35.0 Å². The molecule has 3 aromatic rings. The van der Waals surface area contributed by atoms with Crippen molar-refractivity contribution >= 4 is 23.4 Å². The Morgan fingerprint density at radius 3 is 2.49 bits per heavy atom. The number of ketones is 1. The number of likely N-dealkylation sites (N-methyl/N-ethyl adjacent to an activating group) is 1. The van der Waals surface area contributed by atoms with Crippen molar-refractivity contribution in [2.45, 2.75) is 25.8 Å². The molecular formula is C26H30N6O3. The summed E-state index contributed by atoms with van der Waals surface area (Å²) in [5, 5.41) is 10.2. The van der Waals surface area contributed by atoms with E-state index in [1.165, 1.54) is 10.9 Å². The lowest BCUT2D eigenvalue weighted by molar-refractivity contribution is 0.0942. The van der Waals surface area contributed by atoms with Gasteiger partial charge >= 0.3 is 0 Å². The van der Waals surface area contributed by atoms with Crippen molar-refractivity contribution < 1.29 is 14.4 Å². The molecule has 4 rings (SSSR count). The molecule has 0 unspecified atom stereocenters. The van der Waals surface area contributed by atoms with E-state index in [2.05, 4.69) is 15.7 Å². The molecule has 1 saturated carbocycles. The molecule has 1 aliphatic rings. The second-order valence-corrected chi connectivity index (χ2v) is 9.07. The quantitative estimate of drug-likeness (QED) is 0.409. The average molecular weight is 475 g/mol. The summed E-state index contributed by atoms with van der Waals surface area (Å²) in [4.78, 5) is 40.2. The number of nitrogens with one attached hydrogen (secondary N) is 2. The van der Waals surface area contributed by atoms with Crippen molar-refractivity contribution in [1.29, 1.82) is 0 Å². The molecule has 9 heteroatoms. The van der Waals surface area contributed by atoms with Gasteiger partial charge in [0.2, 0.25) is 0 Å². The topological polar surface area (TPSA) is 122 Å². The molecule has 0 saturated heterocycles. The molecule has 1 fully saturated rings. The number of carbonyl (C=O) groups excluding carboxylic acids is 3. The molecule has 0 atom stereocenters. The van der Waals surface area contributed by atoms with E-state index in [1.54, 1.807) is 36.4 Å². The fourth-order valence-corrected chi connectivity index (χ4v) is 3.65. The summed E-state index contributed by atoms with van der Waals surface area (Å²) in [6, 6.07) is 12.1. The SMILES string of the molecule is Cc1ccc(C(=O)NC2CC2)cc1-n1ncc(C(=O)c2cccc(C(=O)NCCN(C)C)c2)c1N. The summed E-state index contributed by atoms with van der Waals surface area (Å²) in [5.41, 5.74) is 9.29. The van der Waals surface area contributed by atoms with Crippen LogP contribution >= 0.6 is 0 Å². The van der Waals surface area contributed by atoms with Crippen LogP contribution in [0.1, 0.15) is 55.0 Å². The maximum atomic E-state index is 13.2. The second kappa shape index (κ2) is 10.1. The number of hydrogen-bond donors (Lipinski definition) is 3. The van der Waals surface area contributed by atoms with E-state index in [9.17, 15) is 14.4 Å². The van der Waals surface area contributed by atoms with Crippen LogP contribution < -0.4 is 16.4 Å². The van der Waals surface area contributed by atoms with Crippen molar-refractivity contribution in [3.05, 3.63) is 76.5 Å². The standard InChI is InChI=1S/C26H30N6O3/c1-16-7-8-19(26(35)30-20-9-10-20)14-22(16)32-24(27)21(15-29-32)23(33)17-5-4-6-18(13-17)25(34)28-11-12-31(2)3/h4-8,13-15,20H,9-12,27H2,1-3H3,(H,28,34)(H,30,35). The highest BCUT2D eigenvalue weighted by molar-refractivity contribution is 6.12. The smallest absolute Gasteiger partial charge is 0.251 e. The third-order valence-corrected chi connectivity index (χ3v) is 5.89. The third-order valence-electron chi connectivity index (χ3n) is 5.89. The lowest BCUT2D eigenvalue weighted by atomic mass is 10.0. The Hall–Kier alpha value is -3.98. The summed E-state index contributed by atoms with van der Waals surface area (Å²) in [5.74, 6) is -0.561. The number of rotatable bonds is 9. The summed E-state index contributed by atoms with van der Waals surface area (Å²) < 4.78 is 1.47. The highest BCUT2D eigenvalue weighted by atomic mass is 16.2. The van der Waals surface area contributed by atoms with E-state index >= 15 is 0 Å². The molecule has 2 aromatic carbocycles. The van der Waals surface area contributed by atoms with Gasteiger partial charge in [-0.1, -0.05) is 18.2 Å². The first kappa shape index (κ1) is 24.2. The molecular weight excluding hydrogens is 444 g/mol. The lowest BCUT2D eigenvalue weighted by Crippen LogP contribution is -2.31. The van der Waals surface area contributed by atoms with Crippen molar-refractivity contribution in [2.75, 3.05) is 32.9 Å². The fraction of sp³-hybridized carbons (Fsp3) is 0.308. The van der Waals surface area contributed by atoms with Gasteiger partial charge in [0, 0.05) is 35.8 Å². The first-order chi connectivity index (χ1) is 16.7.